The summed E-state index contributed by atoms with van der Waals surface area (Å²) in [5.41, 5.74) is 4.18. The first-order chi connectivity index (χ1) is 19.8. The van der Waals surface area contributed by atoms with E-state index in [1.165, 1.54) is 6.08 Å². The Kier molecular flexibility index (Phi) is 8.30. The van der Waals surface area contributed by atoms with Crippen LogP contribution in [0.2, 0.25) is 0 Å². The largest absolute Gasteiger partial charge is 0.497 e. The highest BCUT2D eigenvalue weighted by Gasteiger charge is 2.36. The van der Waals surface area contributed by atoms with E-state index in [0.717, 1.165) is 48.6 Å². The Morgan fingerprint density at radius 3 is 2.59 bits per heavy atom. The molecule has 2 unspecified atom stereocenters. The number of carbonyl (C=O) groups is 1. The van der Waals surface area contributed by atoms with Gasteiger partial charge in [0.1, 0.15) is 17.5 Å². The van der Waals surface area contributed by atoms with Gasteiger partial charge in [-0.2, -0.15) is 0 Å². The standard InChI is InChI=1S/C31H39N7O3/c1-7-28(39)32-24-18-25(27(41-6)19-26(24)38-15-11-21(12-16-38)36(2)3)34-31-33-23-13-14-37(4)30(23)29(35-31)20-9-8-10-22(17-20)40-5/h7-10,13-14,17-19,21,29-30H,1,11-12,15-16H2,2-6H3,(H,32,39)(H,34,35). The first kappa shape index (κ1) is 28.2. The van der Waals surface area contributed by atoms with Crippen molar-refractivity contribution in [2.45, 2.75) is 31.0 Å². The zero-order valence-corrected chi connectivity index (χ0v) is 24.4. The molecule has 2 aromatic rings. The van der Waals surface area contributed by atoms with Crippen molar-refractivity contribution in [3.8, 4) is 11.5 Å². The number of ether oxygens (including phenoxy) is 2. The summed E-state index contributed by atoms with van der Waals surface area (Å²) in [5.74, 6) is 1.59. The molecule has 0 radical (unpaired) electrons. The lowest BCUT2D eigenvalue weighted by Crippen LogP contribution is -2.42. The second kappa shape index (κ2) is 12.1. The van der Waals surface area contributed by atoms with Crippen LogP contribution in [-0.2, 0) is 4.79 Å². The third-order valence-corrected chi connectivity index (χ3v) is 8.00. The summed E-state index contributed by atoms with van der Waals surface area (Å²) < 4.78 is 11.3. The van der Waals surface area contributed by atoms with Crippen molar-refractivity contribution in [3.63, 3.8) is 0 Å². The average molecular weight is 558 g/mol. The van der Waals surface area contributed by atoms with Crippen LogP contribution in [-0.4, -0.2) is 87.9 Å². The quantitative estimate of drug-likeness (QED) is 0.471. The summed E-state index contributed by atoms with van der Waals surface area (Å²) in [5, 5.41) is 6.39. The van der Waals surface area contributed by atoms with Crippen molar-refractivity contribution in [2.24, 2.45) is 9.98 Å². The van der Waals surface area contributed by atoms with E-state index in [4.69, 9.17) is 19.5 Å². The third kappa shape index (κ3) is 5.92. The van der Waals surface area contributed by atoms with E-state index in [-0.39, 0.29) is 18.0 Å². The smallest absolute Gasteiger partial charge is 0.247 e. The predicted molar refractivity (Wildman–Crippen MR) is 166 cm³/mol. The molecule has 2 aromatic carbocycles. The molecule has 216 valence electrons. The van der Waals surface area contributed by atoms with Crippen molar-refractivity contribution >= 4 is 34.6 Å². The van der Waals surface area contributed by atoms with Crippen LogP contribution in [0.15, 0.2) is 71.3 Å². The van der Waals surface area contributed by atoms with Crippen molar-refractivity contribution in [2.75, 3.05) is 64.0 Å². The number of fused-ring (bicyclic) bond motifs is 1. The van der Waals surface area contributed by atoms with Gasteiger partial charge in [0, 0.05) is 38.4 Å². The molecule has 2 atom stereocenters. The number of likely N-dealkylation sites (N-methyl/N-ethyl adjacent to an activating group) is 1. The molecule has 3 aliphatic heterocycles. The molecule has 0 spiro atoms. The van der Waals surface area contributed by atoms with E-state index in [9.17, 15) is 4.79 Å². The highest BCUT2D eigenvalue weighted by atomic mass is 16.5. The van der Waals surface area contributed by atoms with Crippen LogP contribution in [0.3, 0.4) is 0 Å². The number of hydrogen-bond acceptors (Lipinski definition) is 9. The molecule has 3 aliphatic rings. The topological polar surface area (TPSA) is 94.0 Å². The van der Waals surface area contributed by atoms with Crippen molar-refractivity contribution < 1.29 is 14.3 Å². The molecular weight excluding hydrogens is 518 g/mol. The van der Waals surface area contributed by atoms with Gasteiger partial charge in [0.05, 0.1) is 43.0 Å². The molecule has 0 saturated carbocycles. The van der Waals surface area contributed by atoms with Crippen molar-refractivity contribution in [1.82, 2.24) is 9.80 Å². The maximum Gasteiger partial charge on any atom is 0.247 e. The number of benzene rings is 2. The Bertz CT molecular complexity index is 1390. The van der Waals surface area contributed by atoms with Crippen LogP contribution in [0.1, 0.15) is 24.4 Å². The monoisotopic (exact) mass is 557 g/mol. The minimum Gasteiger partial charge on any atom is -0.497 e. The fraction of sp³-hybridized carbons (Fsp3) is 0.387. The van der Waals surface area contributed by atoms with Gasteiger partial charge in [0.2, 0.25) is 11.9 Å². The van der Waals surface area contributed by atoms with Gasteiger partial charge < -0.3 is 34.8 Å². The van der Waals surface area contributed by atoms with Crippen molar-refractivity contribution in [1.29, 1.82) is 0 Å². The van der Waals surface area contributed by atoms with Gasteiger partial charge in [-0.05, 0) is 62.9 Å². The maximum atomic E-state index is 12.4. The van der Waals surface area contributed by atoms with Crippen LogP contribution in [0, 0.1) is 0 Å². The Morgan fingerprint density at radius 1 is 1.12 bits per heavy atom. The van der Waals surface area contributed by atoms with Crippen LogP contribution < -0.4 is 25.0 Å². The fourth-order valence-corrected chi connectivity index (χ4v) is 5.70. The predicted octanol–water partition coefficient (Wildman–Crippen LogP) is 4.15. The number of piperidine rings is 1. The molecule has 5 rings (SSSR count). The third-order valence-electron chi connectivity index (χ3n) is 8.00. The molecule has 3 heterocycles. The fourth-order valence-electron chi connectivity index (χ4n) is 5.70. The molecule has 1 amide bonds. The Balaban J connectivity index is 1.50. The molecule has 1 saturated heterocycles. The summed E-state index contributed by atoms with van der Waals surface area (Å²) in [4.78, 5) is 29.0. The van der Waals surface area contributed by atoms with E-state index in [0.29, 0.717) is 29.1 Å². The lowest BCUT2D eigenvalue weighted by Gasteiger charge is -2.37. The zero-order chi connectivity index (χ0) is 29.1. The van der Waals surface area contributed by atoms with Gasteiger partial charge in [-0.25, -0.2) is 9.98 Å². The Morgan fingerprint density at radius 2 is 1.90 bits per heavy atom. The summed E-state index contributed by atoms with van der Waals surface area (Å²) in [6.45, 7) is 5.39. The number of guanidine groups is 1. The van der Waals surface area contributed by atoms with E-state index >= 15 is 0 Å². The zero-order valence-electron chi connectivity index (χ0n) is 24.4. The van der Waals surface area contributed by atoms with E-state index in [1.807, 2.05) is 49.7 Å². The summed E-state index contributed by atoms with van der Waals surface area (Å²) in [6, 6.07) is 12.1. The number of aliphatic imine (C=N–C) groups is 2. The Hall–Kier alpha value is -4.31. The molecule has 0 aliphatic carbocycles. The number of rotatable bonds is 8. The van der Waals surface area contributed by atoms with E-state index < -0.39 is 0 Å². The first-order valence-electron chi connectivity index (χ1n) is 13.9. The van der Waals surface area contributed by atoms with Gasteiger partial charge in [-0.1, -0.05) is 18.7 Å². The number of methoxy groups -OCH3 is 2. The number of anilines is 3. The summed E-state index contributed by atoms with van der Waals surface area (Å²) in [6.07, 6.45) is 7.38. The number of nitrogens with zero attached hydrogens (tertiary/aromatic N) is 5. The normalized spacial score (nSPS) is 20.3. The number of nitrogens with one attached hydrogen (secondary N) is 2. The maximum absolute atomic E-state index is 12.4. The molecule has 1 fully saturated rings. The van der Waals surface area contributed by atoms with Gasteiger partial charge in [0.15, 0.2) is 0 Å². The van der Waals surface area contributed by atoms with Crippen LogP contribution >= 0.6 is 0 Å². The molecule has 10 nitrogen and oxygen atoms in total. The highest BCUT2D eigenvalue weighted by Crippen LogP contribution is 2.40. The molecule has 2 N–H and O–H groups in total. The minimum atomic E-state index is -0.277. The molecule has 10 heteroatoms. The van der Waals surface area contributed by atoms with Gasteiger partial charge in [0.25, 0.3) is 0 Å². The molecule has 0 aromatic heterocycles. The second-order valence-electron chi connectivity index (χ2n) is 10.7. The summed E-state index contributed by atoms with van der Waals surface area (Å²) in [7, 11) is 9.58. The number of carbonyl (C=O) groups excluding carboxylic acids is 1. The minimum absolute atomic E-state index is 0.0236. The number of amides is 1. The van der Waals surface area contributed by atoms with E-state index in [1.54, 1.807) is 14.2 Å². The number of hydrogen-bond donors (Lipinski definition) is 2. The lowest BCUT2D eigenvalue weighted by atomic mass is 9.95. The molecule has 41 heavy (non-hydrogen) atoms. The van der Waals surface area contributed by atoms with Crippen LogP contribution in [0.5, 0.6) is 11.5 Å². The molecular formula is C31H39N7O3. The van der Waals surface area contributed by atoms with Gasteiger partial charge >= 0.3 is 0 Å². The highest BCUT2D eigenvalue weighted by molar-refractivity contribution is 6.13. The lowest BCUT2D eigenvalue weighted by molar-refractivity contribution is -0.111. The van der Waals surface area contributed by atoms with Gasteiger partial charge in [-0.3, -0.25) is 4.79 Å². The second-order valence-corrected chi connectivity index (χ2v) is 10.7. The van der Waals surface area contributed by atoms with E-state index in [2.05, 4.69) is 52.1 Å². The van der Waals surface area contributed by atoms with Crippen molar-refractivity contribution in [3.05, 3.63) is 66.9 Å². The van der Waals surface area contributed by atoms with Crippen LogP contribution in [0.25, 0.3) is 0 Å². The summed E-state index contributed by atoms with van der Waals surface area (Å²) >= 11 is 0. The molecule has 0 bridgehead atoms. The SMILES string of the molecule is C=CC(=O)Nc1cc(NC2=NC(c3cccc(OC)c3)C3C(=N2)C=CN3C)c(OC)cc1N1CCC(N(C)C)CC1. The van der Waals surface area contributed by atoms with Gasteiger partial charge in [-0.15, -0.1) is 0 Å². The first-order valence-corrected chi connectivity index (χ1v) is 13.9. The average Bonchev–Trinajstić information content (AvgIpc) is 3.37. The Labute approximate surface area is 242 Å². The van der Waals surface area contributed by atoms with Crippen LogP contribution in [0.4, 0.5) is 17.1 Å².